The predicted octanol–water partition coefficient (Wildman–Crippen LogP) is 0.180. The number of nitrogens with zero attached hydrogens (tertiary/aromatic N) is 2. The van der Waals surface area contributed by atoms with E-state index in [-0.39, 0.29) is 11.4 Å². The van der Waals surface area contributed by atoms with Crippen molar-refractivity contribution >= 4 is 29.3 Å². The van der Waals surface area contributed by atoms with Crippen LogP contribution in [-0.2, 0) is 19.1 Å². The van der Waals surface area contributed by atoms with E-state index in [0.29, 0.717) is 12.1 Å². The minimum Gasteiger partial charge on any atom is -0.469 e. The molecule has 0 aromatic carbocycles. The second-order valence-corrected chi connectivity index (χ2v) is 6.38. The molecule has 0 atom stereocenters. The second-order valence-electron chi connectivity index (χ2n) is 6.38. The molecule has 0 radical (unpaired) electrons. The number of nitrogens with two attached hydrogens (primary N) is 1. The number of piperidine rings is 1. The fourth-order valence-corrected chi connectivity index (χ4v) is 2.77. The fraction of sp³-hybridized carbons (Fsp3) is 0.500. The Morgan fingerprint density at radius 2 is 1.96 bits per heavy atom. The molecule has 0 unspecified atom stereocenters. The molecule has 9 heteroatoms. The van der Waals surface area contributed by atoms with Crippen molar-refractivity contribution in [2.45, 2.75) is 26.2 Å². The number of carbonyl (C=O) groups excluding carboxylic acids is 3. The van der Waals surface area contributed by atoms with Gasteiger partial charge in [0.2, 0.25) is 0 Å². The van der Waals surface area contributed by atoms with Gasteiger partial charge in [-0.25, -0.2) is 10.8 Å². The lowest BCUT2D eigenvalue weighted by Gasteiger charge is -2.39. The molecular weight excluding hydrogens is 326 g/mol. The van der Waals surface area contributed by atoms with Crippen molar-refractivity contribution in [3.8, 4) is 0 Å². The van der Waals surface area contributed by atoms with Crippen LogP contribution in [0.15, 0.2) is 18.3 Å². The van der Waals surface area contributed by atoms with E-state index in [1.54, 1.807) is 17.6 Å². The number of pyridine rings is 1. The molecule has 9 nitrogen and oxygen atoms in total. The highest BCUT2D eigenvalue weighted by Gasteiger charge is 2.33. The summed E-state index contributed by atoms with van der Waals surface area (Å²) < 4.78 is 4.76. The molecule has 1 saturated heterocycles. The average molecular weight is 349 g/mol. The Bertz CT molecular complexity index is 638. The number of methoxy groups -OCH3 is 1. The van der Waals surface area contributed by atoms with E-state index in [4.69, 9.17) is 10.6 Å². The highest BCUT2D eigenvalue weighted by atomic mass is 16.5. The first-order chi connectivity index (χ1) is 11.9. The molecule has 1 aliphatic rings. The van der Waals surface area contributed by atoms with Crippen LogP contribution >= 0.6 is 0 Å². The van der Waals surface area contributed by atoms with Gasteiger partial charge < -0.3 is 15.0 Å². The number of esters is 1. The third-order valence-electron chi connectivity index (χ3n) is 4.44. The lowest BCUT2D eigenvalue weighted by atomic mass is 9.77. The first-order valence-electron chi connectivity index (χ1n) is 7.96. The van der Waals surface area contributed by atoms with Crippen LogP contribution in [0, 0.1) is 5.41 Å². The summed E-state index contributed by atoms with van der Waals surface area (Å²) in [5.74, 6) is 3.71. The van der Waals surface area contributed by atoms with Crippen molar-refractivity contribution in [2.24, 2.45) is 11.3 Å². The Morgan fingerprint density at radius 3 is 2.48 bits per heavy atom. The van der Waals surface area contributed by atoms with Crippen LogP contribution in [0.25, 0.3) is 0 Å². The van der Waals surface area contributed by atoms with E-state index in [9.17, 15) is 14.4 Å². The normalized spacial score (nSPS) is 16.0. The van der Waals surface area contributed by atoms with Gasteiger partial charge in [-0.2, -0.15) is 0 Å². The van der Waals surface area contributed by atoms with Gasteiger partial charge in [0.25, 0.3) is 0 Å². The van der Waals surface area contributed by atoms with Crippen molar-refractivity contribution in [3.63, 3.8) is 0 Å². The minimum atomic E-state index is -0.926. The maximum absolute atomic E-state index is 11.5. The fourth-order valence-electron chi connectivity index (χ4n) is 2.77. The average Bonchev–Trinajstić information content (AvgIpc) is 2.62. The quantitative estimate of drug-likeness (QED) is 0.233. The highest BCUT2D eigenvalue weighted by molar-refractivity contribution is 6.39. The van der Waals surface area contributed by atoms with Gasteiger partial charge >= 0.3 is 17.8 Å². The summed E-state index contributed by atoms with van der Waals surface area (Å²) in [5, 5.41) is 2.40. The highest BCUT2D eigenvalue weighted by Crippen LogP contribution is 2.35. The Labute approximate surface area is 145 Å². The number of rotatable bonds is 4. The van der Waals surface area contributed by atoms with Gasteiger partial charge in [0.1, 0.15) is 5.82 Å². The van der Waals surface area contributed by atoms with E-state index in [1.165, 1.54) is 13.3 Å². The molecule has 0 aliphatic carbocycles. The van der Waals surface area contributed by atoms with Gasteiger partial charge in [-0.3, -0.25) is 19.8 Å². The van der Waals surface area contributed by atoms with Crippen molar-refractivity contribution in [3.05, 3.63) is 18.3 Å². The molecule has 1 fully saturated rings. The molecule has 2 amide bonds. The zero-order valence-electron chi connectivity index (χ0n) is 14.4. The topological polar surface area (TPSA) is 127 Å². The standard InChI is InChI=1S/C16H23N5O4/c1-16(9-13(22)25-2)5-7-21(8-6-16)12-4-3-11(10-18-12)19-14(23)15(24)20-17/h3-4,10H,5-9,17H2,1-2H3,(H,19,23)(H,20,24). The van der Waals surface area contributed by atoms with Crippen LogP contribution in [0.1, 0.15) is 26.2 Å². The van der Waals surface area contributed by atoms with E-state index >= 15 is 0 Å². The smallest absolute Gasteiger partial charge is 0.323 e. The number of amides is 2. The maximum atomic E-state index is 11.5. The van der Waals surface area contributed by atoms with Crippen LogP contribution in [0.3, 0.4) is 0 Å². The molecule has 2 rings (SSSR count). The van der Waals surface area contributed by atoms with Crippen molar-refractivity contribution < 1.29 is 19.1 Å². The molecule has 0 bridgehead atoms. The molecule has 1 aromatic heterocycles. The zero-order valence-corrected chi connectivity index (χ0v) is 14.4. The lowest BCUT2D eigenvalue weighted by molar-refractivity contribution is -0.143. The number of nitrogens with one attached hydrogen (secondary N) is 2. The molecular formula is C16H23N5O4. The molecule has 1 aliphatic heterocycles. The second kappa shape index (κ2) is 7.93. The van der Waals surface area contributed by atoms with Crippen LogP contribution in [0.4, 0.5) is 11.5 Å². The number of hydrogen-bond acceptors (Lipinski definition) is 7. The van der Waals surface area contributed by atoms with E-state index in [1.807, 2.05) is 0 Å². The molecule has 25 heavy (non-hydrogen) atoms. The van der Waals surface area contributed by atoms with Gasteiger partial charge in [-0.15, -0.1) is 0 Å². The summed E-state index contributed by atoms with van der Waals surface area (Å²) in [6.45, 7) is 3.65. The van der Waals surface area contributed by atoms with Crippen LogP contribution in [0.5, 0.6) is 0 Å². The lowest BCUT2D eigenvalue weighted by Crippen LogP contribution is -2.40. The molecule has 1 aromatic rings. The Hall–Kier alpha value is -2.68. The summed E-state index contributed by atoms with van der Waals surface area (Å²) in [4.78, 5) is 40.5. The predicted molar refractivity (Wildman–Crippen MR) is 91.4 cm³/mol. The number of carbonyl (C=O) groups is 3. The number of hydrogen-bond donors (Lipinski definition) is 3. The van der Waals surface area contributed by atoms with Gasteiger partial charge in [0.15, 0.2) is 0 Å². The van der Waals surface area contributed by atoms with Crippen LogP contribution in [-0.4, -0.2) is 43.0 Å². The summed E-state index contributed by atoms with van der Waals surface area (Å²) in [6, 6.07) is 3.45. The zero-order chi connectivity index (χ0) is 18.4. The van der Waals surface area contributed by atoms with Crippen molar-refractivity contribution in [1.82, 2.24) is 10.4 Å². The molecule has 4 N–H and O–H groups in total. The SMILES string of the molecule is COC(=O)CC1(C)CCN(c2ccc(NC(=O)C(=O)NN)cn2)CC1. The Morgan fingerprint density at radius 1 is 1.28 bits per heavy atom. The van der Waals surface area contributed by atoms with Gasteiger partial charge in [0, 0.05) is 13.1 Å². The molecule has 0 spiro atoms. The van der Waals surface area contributed by atoms with Gasteiger partial charge in [-0.05, 0) is 30.4 Å². The molecule has 2 heterocycles. The number of aromatic nitrogens is 1. The van der Waals surface area contributed by atoms with Crippen LogP contribution < -0.4 is 21.5 Å². The Balaban J connectivity index is 1.92. The maximum Gasteiger partial charge on any atom is 0.323 e. The van der Waals surface area contributed by atoms with Gasteiger partial charge in [0.05, 0.1) is 25.4 Å². The van der Waals surface area contributed by atoms with E-state index < -0.39 is 11.8 Å². The Kier molecular flexibility index (Phi) is 5.92. The molecule has 0 saturated carbocycles. The molecule has 136 valence electrons. The summed E-state index contributed by atoms with van der Waals surface area (Å²) in [7, 11) is 1.40. The number of ether oxygens (including phenoxy) is 1. The monoisotopic (exact) mass is 349 g/mol. The summed E-state index contributed by atoms with van der Waals surface area (Å²) >= 11 is 0. The van der Waals surface area contributed by atoms with Gasteiger partial charge in [-0.1, -0.05) is 6.92 Å². The third kappa shape index (κ3) is 4.90. The van der Waals surface area contributed by atoms with Crippen molar-refractivity contribution in [2.75, 3.05) is 30.4 Å². The largest absolute Gasteiger partial charge is 0.469 e. The van der Waals surface area contributed by atoms with E-state index in [2.05, 4.69) is 22.1 Å². The first kappa shape index (κ1) is 18.7. The van der Waals surface area contributed by atoms with E-state index in [0.717, 1.165) is 31.7 Å². The minimum absolute atomic E-state index is 0.0624. The summed E-state index contributed by atoms with van der Waals surface area (Å²) in [6.07, 6.45) is 3.62. The third-order valence-corrected chi connectivity index (χ3v) is 4.44. The number of hydrazine groups is 1. The summed E-state index contributed by atoms with van der Waals surface area (Å²) in [5.41, 5.74) is 2.11. The van der Waals surface area contributed by atoms with Crippen LogP contribution in [0.2, 0.25) is 0 Å². The van der Waals surface area contributed by atoms with Crippen molar-refractivity contribution in [1.29, 1.82) is 0 Å². The number of anilines is 2. The first-order valence-corrected chi connectivity index (χ1v) is 7.96.